The summed E-state index contributed by atoms with van der Waals surface area (Å²) in [4.78, 5) is 36.1. The van der Waals surface area contributed by atoms with E-state index in [0.717, 1.165) is 11.6 Å². The third-order valence-electron chi connectivity index (χ3n) is 4.80. The Morgan fingerprint density at radius 2 is 2.21 bits per heavy atom. The third kappa shape index (κ3) is 2.96. The molecular formula is C18H18FN5O4. The van der Waals surface area contributed by atoms with Gasteiger partial charge in [-0.05, 0) is 12.5 Å². The van der Waals surface area contributed by atoms with E-state index in [2.05, 4.69) is 15.3 Å². The molecule has 146 valence electrons. The van der Waals surface area contributed by atoms with E-state index in [9.17, 15) is 14.0 Å². The van der Waals surface area contributed by atoms with E-state index >= 15 is 0 Å². The number of aliphatic imine (C=N–C) groups is 1. The lowest BCUT2D eigenvalue weighted by Gasteiger charge is -2.35. The number of hydrogen-bond acceptors (Lipinski definition) is 7. The number of ether oxygens (including phenoxy) is 1. The molecule has 2 amide bonds. The van der Waals surface area contributed by atoms with Gasteiger partial charge in [-0.25, -0.2) is 9.38 Å². The Hall–Kier alpha value is -3.43. The molecule has 0 saturated carbocycles. The molecule has 2 aliphatic rings. The van der Waals surface area contributed by atoms with Crippen molar-refractivity contribution in [3.63, 3.8) is 0 Å². The molecular weight excluding hydrogens is 369 g/mol. The first-order valence-corrected chi connectivity index (χ1v) is 8.55. The van der Waals surface area contributed by atoms with Crippen LogP contribution in [0.1, 0.15) is 6.92 Å². The summed E-state index contributed by atoms with van der Waals surface area (Å²) in [7, 11) is 3.03. The van der Waals surface area contributed by atoms with Crippen molar-refractivity contribution in [2.24, 2.45) is 4.99 Å². The number of oxazole rings is 1. The van der Waals surface area contributed by atoms with Crippen LogP contribution < -0.4 is 10.1 Å². The van der Waals surface area contributed by atoms with E-state index in [0.29, 0.717) is 5.52 Å². The van der Waals surface area contributed by atoms with E-state index in [4.69, 9.17) is 9.15 Å². The van der Waals surface area contributed by atoms with E-state index in [-0.39, 0.29) is 47.9 Å². The first-order chi connectivity index (χ1) is 13.4. The van der Waals surface area contributed by atoms with Crippen LogP contribution in [0.3, 0.4) is 0 Å². The summed E-state index contributed by atoms with van der Waals surface area (Å²) in [6, 6.07) is 2.31. The molecule has 2 aromatic rings. The number of benzene rings is 1. The van der Waals surface area contributed by atoms with Crippen LogP contribution in [-0.4, -0.2) is 65.8 Å². The molecule has 28 heavy (non-hydrogen) atoms. The highest BCUT2D eigenvalue weighted by molar-refractivity contribution is 5.94. The first-order valence-electron chi connectivity index (χ1n) is 8.55. The minimum Gasteiger partial charge on any atom is -0.494 e. The SMILES string of the molecule is COc1cc2nc(NC(=O)CN3C=NC4C3C(C)=CC(=O)N4C)oc2cc1F. The van der Waals surface area contributed by atoms with Crippen molar-refractivity contribution in [2.75, 3.05) is 26.0 Å². The van der Waals surface area contributed by atoms with Gasteiger partial charge in [-0.2, -0.15) is 4.98 Å². The summed E-state index contributed by atoms with van der Waals surface area (Å²) in [6.45, 7) is 1.83. The molecule has 1 N–H and O–H groups in total. The number of likely N-dealkylation sites (N-methyl/N-ethyl adjacent to an activating group) is 1. The lowest BCUT2D eigenvalue weighted by atomic mass is 10.0. The van der Waals surface area contributed by atoms with Crippen molar-refractivity contribution in [3.05, 3.63) is 29.6 Å². The molecule has 3 heterocycles. The number of methoxy groups -OCH3 is 1. The molecule has 10 heteroatoms. The number of amides is 2. The maximum Gasteiger partial charge on any atom is 0.302 e. The normalized spacial score (nSPS) is 21.1. The fraction of sp³-hybridized carbons (Fsp3) is 0.333. The highest BCUT2D eigenvalue weighted by Gasteiger charge is 2.40. The van der Waals surface area contributed by atoms with Gasteiger partial charge in [0.1, 0.15) is 11.7 Å². The zero-order valence-corrected chi connectivity index (χ0v) is 15.5. The van der Waals surface area contributed by atoms with E-state index < -0.39 is 5.82 Å². The second-order valence-electron chi connectivity index (χ2n) is 6.65. The monoisotopic (exact) mass is 387 g/mol. The van der Waals surface area contributed by atoms with Crippen LogP contribution >= 0.6 is 0 Å². The van der Waals surface area contributed by atoms with Gasteiger partial charge in [0.05, 0.1) is 26.0 Å². The fourth-order valence-corrected chi connectivity index (χ4v) is 3.40. The number of carbonyl (C=O) groups is 2. The topological polar surface area (TPSA) is 100 Å². The van der Waals surface area contributed by atoms with Gasteiger partial charge >= 0.3 is 6.01 Å². The molecule has 0 spiro atoms. The largest absolute Gasteiger partial charge is 0.494 e. The Bertz CT molecular complexity index is 1030. The molecule has 2 atom stereocenters. The lowest BCUT2D eigenvalue weighted by Crippen LogP contribution is -2.51. The maximum atomic E-state index is 13.8. The van der Waals surface area contributed by atoms with Crippen molar-refractivity contribution < 1.29 is 23.1 Å². The van der Waals surface area contributed by atoms with Crippen LogP contribution in [0.15, 0.2) is 33.2 Å². The van der Waals surface area contributed by atoms with Crippen LogP contribution in [0.25, 0.3) is 11.1 Å². The summed E-state index contributed by atoms with van der Waals surface area (Å²) >= 11 is 0. The molecule has 0 radical (unpaired) electrons. The van der Waals surface area contributed by atoms with E-state index in [1.54, 1.807) is 24.4 Å². The summed E-state index contributed by atoms with van der Waals surface area (Å²) in [5.41, 5.74) is 1.40. The average molecular weight is 387 g/mol. The molecule has 0 aliphatic carbocycles. The first kappa shape index (κ1) is 18.0. The number of nitrogens with one attached hydrogen (secondary N) is 1. The van der Waals surface area contributed by atoms with Gasteiger partial charge in [-0.15, -0.1) is 0 Å². The second kappa shape index (κ2) is 6.63. The van der Waals surface area contributed by atoms with Crippen molar-refractivity contribution in [1.82, 2.24) is 14.8 Å². The predicted octanol–water partition coefficient (Wildman–Crippen LogP) is 1.37. The lowest BCUT2D eigenvalue weighted by molar-refractivity contribution is -0.128. The van der Waals surface area contributed by atoms with Gasteiger partial charge < -0.3 is 19.0 Å². The number of fused-ring (bicyclic) bond motifs is 2. The minimum atomic E-state index is -0.582. The van der Waals surface area contributed by atoms with Crippen LogP contribution in [-0.2, 0) is 9.59 Å². The maximum absolute atomic E-state index is 13.8. The smallest absolute Gasteiger partial charge is 0.302 e. The molecule has 2 unspecified atom stereocenters. The van der Waals surface area contributed by atoms with Gasteiger partial charge in [-0.1, -0.05) is 0 Å². The van der Waals surface area contributed by atoms with Crippen molar-refractivity contribution in [1.29, 1.82) is 0 Å². The summed E-state index contributed by atoms with van der Waals surface area (Å²) in [5, 5.41) is 2.56. The Labute approximate surface area is 159 Å². The van der Waals surface area contributed by atoms with Gasteiger partial charge in [0, 0.05) is 25.3 Å². The number of hydrogen-bond donors (Lipinski definition) is 1. The Morgan fingerprint density at radius 1 is 1.43 bits per heavy atom. The van der Waals surface area contributed by atoms with Gasteiger partial charge in [-0.3, -0.25) is 14.9 Å². The van der Waals surface area contributed by atoms with Gasteiger partial charge in [0.15, 0.2) is 17.1 Å². The minimum absolute atomic E-state index is 0.00567. The zero-order valence-electron chi connectivity index (χ0n) is 15.5. The van der Waals surface area contributed by atoms with Crippen molar-refractivity contribution >= 4 is 35.3 Å². The van der Waals surface area contributed by atoms with Crippen LogP contribution in [0.5, 0.6) is 5.75 Å². The molecule has 0 bridgehead atoms. The number of nitrogens with zero attached hydrogens (tertiary/aromatic N) is 4. The van der Waals surface area contributed by atoms with Crippen molar-refractivity contribution in [2.45, 2.75) is 19.1 Å². The van der Waals surface area contributed by atoms with E-state index in [1.165, 1.54) is 18.1 Å². The standard InChI is InChI=1S/C18H18FN5O4/c1-9-4-15(26)23(2)17-16(9)24(8-20-17)7-14(25)22-18-21-11-6-12(27-3)10(19)5-13(11)28-18/h4-6,8,16-17H,7H2,1-3H3,(H,21,22,25). The number of halogens is 1. The highest BCUT2D eigenvalue weighted by Crippen LogP contribution is 2.28. The van der Waals surface area contributed by atoms with Gasteiger partial charge in [0.25, 0.3) is 0 Å². The van der Waals surface area contributed by atoms with Crippen LogP contribution in [0.2, 0.25) is 0 Å². The average Bonchev–Trinajstić information content (AvgIpc) is 3.22. The molecule has 9 nitrogen and oxygen atoms in total. The molecule has 1 aromatic carbocycles. The summed E-state index contributed by atoms with van der Waals surface area (Å²) in [5.74, 6) is -1.03. The zero-order chi connectivity index (χ0) is 20.0. The highest BCUT2D eigenvalue weighted by atomic mass is 19.1. The second-order valence-corrected chi connectivity index (χ2v) is 6.65. The van der Waals surface area contributed by atoms with Crippen LogP contribution in [0.4, 0.5) is 10.4 Å². The number of anilines is 1. The van der Waals surface area contributed by atoms with Crippen molar-refractivity contribution in [3.8, 4) is 5.75 Å². The molecule has 4 rings (SSSR count). The van der Waals surface area contributed by atoms with Crippen LogP contribution in [0, 0.1) is 5.82 Å². The fourth-order valence-electron chi connectivity index (χ4n) is 3.40. The third-order valence-corrected chi connectivity index (χ3v) is 4.80. The van der Waals surface area contributed by atoms with Gasteiger partial charge in [0.2, 0.25) is 11.8 Å². The molecule has 1 aromatic heterocycles. The Morgan fingerprint density at radius 3 is 2.96 bits per heavy atom. The molecule has 2 aliphatic heterocycles. The number of carbonyl (C=O) groups excluding carboxylic acids is 2. The number of aromatic nitrogens is 1. The summed E-state index contributed by atoms with van der Waals surface area (Å²) < 4.78 is 24.1. The molecule has 0 fully saturated rings. The van der Waals surface area contributed by atoms with E-state index in [1.807, 2.05) is 6.92 Å². The quantitative estimate of drug-likeness (QED) is 0.851. The number of rotatable bonds is 4. The molecule has 0 saturated heterocycles. The Balaban J connectivity index is 1.48. The predicted molar refractivity (Wildman–Crippen MR) is 98.4 cm³/mol. The Kier molecular flexibility index (Phi) is 4.25. The summed E-state index contributed by atoms with van der Waals surface area (Å²) in [6.07, 6.45) is 2.75.